The Labute approximate surface area is 153 Å². The minimum Gasteiger partial charge on any atom is -0.488 e. The van der Waals surface area contributed by atoms with Gasteiger partial charge in [0, 0.05) is 44.2 Å². The molecule has 3 heterocycles. The van der Waals surface area contributed by atoms with Crippen LogP contribution in [0.15, 0.2) is 34.9 Å². The van der Waals surface area contributed by atoms with E-state index in [-0.39, 0.29) is 23.3 Å². The molecule has 6 heteroatoms. The molecule has 0 aliphatic carbocycles. The topological polar surface area (TPSA) is 64.8 Å². The minimum atomic E-state index is -0.347. The summed E-state index contributed by atoms with van der Waals surface area (Å²) in [6.45, 7) is 5.84. The van der Waals surface area contributed by atoms with E-state index in [1.54, 1.807) is 7.11 Å². The lowest BCUT2D eigenvalue weighted by atomic mass is 9.82. The maximum absolute atomic E-state index is 13.1. The van der Waals surface area contributed by atoms with Gasteiger partial charge in [0.25, 0.3) is 0 Å². The molecular weight excluding hydrogens is 332 g/mol. The van der Waals surface area contributed by atoms with E-state index in [1.165, 1.54) is 0 Å². The summed E-state index contributed by atoms with van der Waals surface area (Å²) in [4.78, 5) is 15.0. The first-order valence-electron chi connectivity index (χ1n) is 8.98. The molecule has 26 heavy (non-hydrogen) atoms. The van der Waals surface area contributed by atoms with Crippen LogP contribution in [0.1, 0.15) is 49.1 Å². The Bertz CT molecular complexity index is 808. The molecule has 138 valence electrons. The number of ether oxygens (including phenoxy) is 2. The number of nitrogens with zero attached hydrogens (tertiary/aromatic N) is 2. The van der Waals surface area contributed by atoms with Gasteiger partial charge >= 0.3 is 0 Å². The molecule has 1 saturated heterocycles. The minimum absolute atomic E-state index is 0.155. The first kappa shape index (κ1) is 17.1. The summed E-state index contributed by atoms with van der Waals surface area (Å²) < 4.78 is 16.3. The first-order valence-corrected chi connectivity index (χ1v) is 8.98. The van der Waals surface area contributed by atoms with Gasteiger partial charge in [0.1, 0.15) is 18.0 Å². The molecule has 2 aliphatic rings. The summed E-state index contributed by atoms with van der Waals surface area (Å²) in [6, 6.07) is 9.78. The summed E-state index contributed by atoms with van der Waals surface area (Å²) in [5.41, 5.74) is 1.54. The SMILES string of the molecule is COCc1cc(C2CN(C(=O)C3CC(C)(C)Oc4ccccc43)C2)no1. The highest BCUT2D eigenvalue weighted by molar-refractivity contribution is 5.86. The van der Waals surface area contributed by atoms with Gasteiger partial charge in [0.15, 0.2) is 5.76 Å². The van der Waals surface area contributed by atoms with E-state index in [2.05, 4.69) is 5.16 Å². The van der Waals surface area contributed by atoms with Gasteiger partial charge in [-0.3, -0.25) is 4.79 Å². The number of carbonyl (C=O) groups is 1. The Morgan fingerprint density at radius 3 is 2.88 bits per heavy atom. The van der Waals surface area contributed by atoms with Gasteiger partial charge < -0.3 is 18.9 Å². The highest BCUT2D eigenvalue weighted by Gasteiger charge is 2.42. The Kier molecular flexibility index (Phi) is 4.23. The van der Waals surface area contributed by atoms with Gasteiger partial charge in [0.05, 0.1) is 11.6 Å². The lowest BCUT2D eigenvalue weighted by Gasteiger charge is -2.43. The van der Waals surface area contributed by atoms with Crippen LogP contribution in [0.25, 0.3) is 0 Å². The monoisotopic (exact) mass is 356 g/mol. The van der Waals surface area contributed by atoms with E-state index in [4.69, 9.17) is 14.0 Å². The van der Waals surface area contributed by atoms with Gasteiger partial charge in [0.2, 0.25) is 5.91 Å². The Morgan fingerprint density at radius 2 is 2.12 bits per heavy atom. The average molecular weight is 356 g/mol. The van der Waals surface area contributed by atoms with Crippen molar-refractivity contribution in [3.05, 3.63) is 47.3 Å². The number of aromatic nitrogens is 1. The maximum atomic E-state index is 13.1. The Balaban J connectivity index is 1.46. The number of carbonyl (C=O) groups excluding carboxylic acids is 1. The molecule has 1 amide bonds. The van der Waals surface area contributed by atoms with Crippen LogP contribution in [-0.4, -0.2) is 41.8 Å². The molecule has 0 radical (unpaired) electrons. The van der Waals surface area contributed by atoms with E-state index in [0.717, 1.165) is 17.0 Å². The van der Waals surface area contributed by atoms with Crippen LogP contribution in [0.4, 0.5) is 0 Å². The molecule has 0 bridgehead atoms. The smallest absolute Gasteiger partial charge is 0.230 e. The van der Waals surface area contributed by atoms with Gasteiger partial charge in [-0.05, 0) is 19.9 Å². The summed E-state index contributed by atoms with van der Waals surface area (Å²) >= 11 is 0. The third-order valence-electron chi connectivity index (χ3n) is 5.15. The number of amides is 1. The van der Waals surface area contributed by atoms with E-state index >= 15 is 0 Å². The van der Waals surface area contributed by atoms with Crippen molar-refractivity contribution in [2.45, 2.75) is 44.3 Å². The van der Waals surface area contributed by atoms with E-state index in [0.29, 0.717) is 31.9 Å². The van der Waals surface area contributed by atoms with Crippen molar-refractivity contribution in [2.75, 3.05) is 20.2 Å². The molecular formula is C20H24N2O4. The van der Waals surface area contributed by atoms with Crippen molar-refractivity contribution >= 4 is 5.91 Å². The van der Waals surface area contributed by atoms with Crippen LogP contribution >= 0.6 is 0 Å². The number of methoxy groups -OCH3 is 1. The molecule has 0 N–H and O–H groups in total. The molecule has 2 aromatic rings. The highest BCUT2D eigenvalue weighted by Crippen LogP contribution is 2.42. The number of rotatable bonds is 4. The predicted molar refractivity (Wildman–Crippen MR) is 95.0 cm³/mol. The van der Waals surface area contributed by atoms with E-state index in [1.807, 2.05) is 49.1 Å². The maximum Gasteiger partial charge on any atom is 0.230 e. The van der Waals surface area contributed by atoms with Crippen molar-refractivity contribution in [2.24, 2.45) is 0 Å². The van der Waals surface area contributed by atoms with Crippen LogP contribution in [0, 0.1) is 0 Å². The van der Waals surface area contributed by atoms with Crippen LogP contribution in [0.5, 0.6) is 5.75 Å². The molecule has 1 atom stereocenters. The number of hydrogen-bond acceptors (Lipinski definition) is 5. The second-order valence-corrected chi connectivity index (χ2v) is 7.75. The van der Waals surface area contributed by atoms with Crippen LogP contribution < -0.4 is 4.74 Å². The standard InChI is InChI=1S/C20H24N2O4/c1-20(2)9-16(15-6-4-5-7-18(15)25-20)19(23)22-10-13(11-22)17-8-14(12-24-3)26-21-17/h4-8,13,16H,9-12H2,1-3H3. The van der Waals surface area contributed by atoms with Crippen LogP contribution in [0.3, 0.4) is 0 Å². The molecule has 6 nitrogen and oxygen atoms in total. The second-order valence-electron chi connectivity index (χ2n) is 7.75. The normalized spacial score (nSPS) is 21.7. The first-order chi connectivity index (χ1) is 12.5. The molecule has 0 spiro atoms. The lowest BCUT2D eigenvalue weighted by Crippen LogP contribution is -2.52. The lowest BCUT2D eigenvalue weighted by molar-refractivity contribution is -0.139. The number of benzene rings is 1. The molecule has 1 unspecified atom stereocenters. The van der Waals surface area contributed by atoms with Gasteiger partial charge in [-0.1, -0.05) is 23.4 Å². The van der Waals surface area contributed by atoms with Crippen molar-refractivity contribution in [3.63, 3.8) is 0 Å². The summed E-state index contributed by atoms with van der Waals surface area (Å²) in [5.74, 6) is 1.78. The zero-order valence-electron chi connectivity index (χ0n) is 15.4. The predicted octanol–water partition coefficient (Wildman–Crippen LogP) is 3.09. The average Bonchev–Trinajstić information content (AvgIpc) is 3.00. The number of para-hydroxylation sites is 1. The number of hydrogen-bond donors (Lipinski definition) is 0. The third-order valence-corrected chi connectivity index (χ3v) is 5.15. The molecule has 1 aromatic carbocycles. The largest absolute Gasteiger partial charge is 0.488 e. The summed E-state index contributed by atoms with van der Waals surface area (Å²) in [5, 5.41) is 4.11. The fourth-order valence-corrected chi connectivity index (χ4v) is 3.82. The zero-order chi connectivity index (χ0) is 18.3. The van der Waals surface area contributed by atoms with Gasteiger partial charge in [-0.25, -0.2) is 0 Å². The van der Waals surface area contributed by atoms with Crippen molar-refractivity contribution in [3.8, 4) is 5.75 Å². The molecule has 2 aliphatic heterocycles. The van der Waals surface area contributed by atoms with Crippen molar-refractivity contribution in [1.82, 2.24) is 10.1 Å². The fourth-order valence-electron chi connectivity index (χ4n) is 3.82. The summed E-state index contributed by atoms with van der Waals surface area (Å²) in [7, 11) is 1.62. The molecule has 0 saturated carbocycles. The quantitative estimate of drug-likeness (QED) is 0.842. The van der Waals surface area contributed by atoms with Gasteiger partial charge in [-0.15, -0.1) is 0 Å². The Morgan fingerprint density at radius 1 is 1.35 bits per heavy atom. The van der Waals surface area contributed by atoms with Crippen LogP contribution in [-0.2, 0) is 16.1 Å². The molecule has 1 aromatic heterocycles. The van der Waals surface area contributed by atoms with Crippen molar-refractivity contribution < 1.29 is 18.8 Å². The van der Waals surface area contributed by atoms with E-state index < -0.39 is 0 Å². The van der Waals surface area contributed by atoms with Crippen molar-refractivity contribution in [1.29, 1.82) is 0 Å². The summed E-state index contributed by atoms with van der Waals surface area (Å²) in [6.07, 6.45) is 0.686. The second kappa shape index (κ2) is 6.43. The van der Waals surface area contributed by atoms with E-state index in [9.17, 15) is 4.79 Å². The number of fused-ring (bicyclic) bond motifs is 1. The number of likely N-dealkylation sites (tertiary alicyclic amines) is 1. The van der Waals surface area contributed by atoms with Crippen LogP contribution in [0.2, 0.25) is 0 Å². The third kappa shape index (κ3) is 3.09. The molecule has 1 fully saturated rings. The zero-order valence-corrected chi connectivity index (χ0v) is 15.4. The highest BCUT2D eigenvalue weighted by atomic mass is 16.5. The fraction of sp³-hybridized carbons (Fsp3) is 0.500. The Hall–Kier alpha value is -2.34. The van der Waals surface area contributed by atoms with Gasteiger partial charge in [-0.2, -0.15) is 0 Å². The molecule has 4 rings (SSSR count).